The van der Waals surface area contributed by atoms with Gasteiger partial charge in [-0.05, 0) is 73.5 Å². The van der Waals surface area contributed by atoms with E-state index in [1.54, 1.807) is 11.9 Å². The number of aromatic amines is 1. The quantitative estimate of drug-likeness (QED) is 0.344. The Morgan fingerprint density at radius 2 is 1.97 bits per heavy atom. The Kier molecular flexibility index (Phi) is 7.32. The molecule has 6 heteroatoms. The molecule has 0 spiro atoms. The molecular weight excluding hydrogens is 394 g/mol. The van der Waals surface area contributed by atoms with Crippen molar-refractivity contribution in [2.45, 2.75) is 37.0 Å². The van der Waals surface area contributed by atoms with Crippen molar-refractivity contribution in [3.63, 3.8) is 0 Å². The number of rotatable bonds is 11. The lowest BCUT2D eigenvalue weighted by molar-refractivity contribution is -0.127. The highest BCUT2D eigenvalue weighted by molar-refractivity contribution is 7.97. The van der Waals surface area contributed by atoms with Crippen LogP contribution in [-0.4, -0.2) is 42.0 Å². The summed E-state index contributed by atoms with van der Waals surface area (Å²) in [4.78, 5) is 18.0. The monoisotopic (exact) mass is 423 g/mol. The highest BCUT2D eigenvalue weighted by Gasteiger charge is 2.18. The first kappa shape index (κ1) is 20.8. The van der Waals surface area contributed by atoms with Crippen molar-refractivity contribution < 1.29 is 9.53 Å². The largest absolute Gasteiger partial charge is 0.494 e. The summed E-state index contributed by atoms with van der Waals surface area (Å²) in [5.41, 5.74) is 2.59. The number of ether oxygens (including phenoxy) is 1. The van der Waals surface area contributed by atoms with Gasteiger partial charge in [0.15, 0.2) is 0 Å². The van der Waals surface area contributed by atoms with Gasteiger partial charge in [-0.2, -0.15) is 0 Å². The maximum Gasteiger partial charge on any atom is 0.222 e. The van der Waals surface area contributed by atoms with Gasteiger partial charge in [-0.25, -0.2) is 0 Å². The van der Waals surface area contributed by atoms with Crippen molar-refractivity contribution in [3.05, 3.63) is 60.3 Å². The summed E-state index contributed by atoms with van der Waals surface area (Å²) in [5, 5.41) is 1.33. The van der Waals surface area contributed by atoms with Crippen molar-refractivity contribution in [1.29, 1.82) is 0 Å². The van der Waals surface area contributed by atoms with E-state index in [9.17, 15) is 4.79 Å². The van der Waals surface area contributed by atoms with E-state index in [1.165, 1.54) is 21.4 Å². The molecule has 1 aromatic heterocycles. The number of hydrogen-bond donors (Lipinski definition) is 2. The number of fused-ring (bicyclic) bond motifs is 1. The predicted octanol–water partition coefficient (Wildman–Crippen LogP) is 4.79. The smallest absolute Gasteiger partial charge is 0.222 e. The maximum absolute atomic E-state index is 11.6. The lowest BCUT2D eigenvalue weighted by Gasteiger charge is -2.15. The fourth-order valence-electron chi connectivity index (χ4n) is 3.81. The van der Waals surface area contributed by atoms with Crippen LogP contribution in [0.15, 0.2) is 59.6 Å². The molecule has 4 rings (SSSR count). The van der Waals surface area contributed by atoms with Crippen molar-refractivity contribution >= 4 is 28.8 Å². The first-order valence-corrected chi connectivity index (χ1v) is 11.6. The van der Waals surface area contributed by atoms with Crippen LogP contribution in [0.25, 0.3) is 10.9 Å². The molecule has 0 atom stereocenters. The van der Waals surface area contributed by atoms with Crippen LogP contribution in [0.3, 0.4) is 0 Å². The molecule has 1 aliphatic rings. The molecular formula is C24H29N3O2S. The van der Waals surface area contributed by atoms with Gasteiger partial charge >= 0.3 is 0 Å². The number of likely N-dealkylation sites (tertiary alicyclic amines) is 1. The number of aromatic nitrogens is 1. The Morgan fingerprint density at radius 3 is 2.80 bits per heavy atom. The van der Waals surface area contributed by atoms with Crippen molar-refractivity contribution in [2.24, 2.45) is 0 Å². The van der Waals surface area contributed by atoms with Gasteiger partial charge in [0.25, 0.3) is 0 Å². The number of nitrogens with one attached hydrogen (secondary N) is 2. The fourth-order valence-corrected chi connectivity index (χ4v) is 4.50. The molecule has 0 bridgehead atoms. The zero-order chi connectivity index (χ0) is 20.6. The van der Waals surface area contributed by atoms with E-state index in [0.717, 1.165) is 51.1 Å². The molecule has 2 heterocycles. The lowest BCUT2D eigenvalue weighted by atomic mass is 10.1. The molecule has 1 amide bonds. The van der Waals surface area contributed by atoms with Crippen LogP contribution < -0.4 is 9.46 Å². The van der Waals surface area contributed by atoms with Gasteiger partial charge < -0.3 is 14.6 Å². The third kappa shape index (κ3) is 5.58. The first-order valence-electron chi connectivity index (χ1n) is 10.7. The SMILES string of the molecule is O=C1CCCN1CCCOc1ccc(SNCCCc2c[nH]c3ccccc23)cc1. The Hall–Kier alpha value is -2.44. The Morgan fingerprint density at radius 1 is 1.10 bits per heavy atom. The van der Waals surface area contributed by atoms with Crippen LogP contribution in [0, 0.1) is 0 Å². The number of nitrogens with zero attached hydrogens (tertiary/aromatic N) is 1. The van der Waals surface area contributed by atoms with Crippen molar-refractivity contribution in [2.75, 3.05) is 26.2 Å². The highest BCUT2D eigenvalue weighted by atomic mass is 32.2. The van der Waals surface area contributed by atoms with E-state index in [-0.39, 0.29) is 5.91 Å². The fraction of sp³-hybridized carbons (Fsp3) is 0.375. The lowest BCUT2D eigenvalue weighted by Crippen LogP contribution is -2.26. The molecule has 1 aliphatic heterocycles. The summed E-state index contributed by atoms with van der Waals surface area (Å²) in [7, 11) is 0. The third-order valence-electron chi connectivity index (χ3n) is 5.43. The van der Waals surface area contributed by atoms with Crippen LogP contribution in [0.5, 0.6) is 5.75 Å². The summed E-state index contributed by atoms with van der Waals surface area (Å²) in [6, 6.07) is 16.6. The van der Waals surface area contributed by atoms with Crippen LogP contribution in [0.2, 0.25) is 0 Å². The zero-order valence-electron chi connectivity index (χ0n) is 17.2. The molecule has 0 radical (unpaired) electrons. The number of carbonyl (C=O) groups is 1. The van der Waals surface area contributed by atoms with E-state index in [2.05, 4.69) is 52.3 Å². The van der Waals surface area contributed by atoms with Gasteiger partial charge in [-0.15, -0.1) is 0 Å². The predicted molar refractivity (Wildman–Crippen MR) is 123 cm³/mol. The second-order valence-corrected chi connectivity index (χ2v) is 8.58. The molecule has 30 heavy (non-hydrogen) atoms. The summed E-state index contributed by atoms with van der Waals surface area (Å²) in [5.74, 6) is 1.16. The van der Waals surface area contributed by atoms with E-state index >= 15 is 0 Å². The number of aryl methyl sites for hydroxylation is 1. The normalized spacial score (nSPS) is 14.0. The summed E-state index contributed by atoms with van der Waals surface area (Å²) < 4.78 is 9.25. The summed E-state index contributed by atoms with van der Waals surface area (Å²) >= 11 is 1.66. The van der Waals surface area contributed by atoms with E-state index in [0.29, 0.717) is 13.0 Å². The number of benzene rings is 2. The molecule has 158 valence electrons. The molecule has 1 saturated heterocycles. The van der Waals surface area contributed by atoms with Crippen molar-refractivity contribution in [1.82, 2.24) is 14.6 Å². The molecule has 1 fully saturated rings. The van der Waals surface area contributed by atoms with Gasteiger partial charge in [0.05, 0.1) is 6.61 Å². The number of H-pyrrole nitrogens is 1. The average Bonchev–Trinajstić information content (AvgIpc) is 3.38. The number of carbonyl (C=O) groups excluding carboxylic acids is 1. The van der Waals surface area contributed by atoms with E-state index < -0.39 is 0 Å². The van der Waals surface area contributed by atoms with Gasteiger partial charge in [0.2, 0.25) is 5.91 Å². The molecule has 2 aromatic carbocycles. The van der Waals surface area contributed by atoms with Crippen molar-refractivity contribution in [3.8, 4) is 5.75 Å². The summed E-state index contributed by atoms with van der Waals surface area (Å²) in [6.45, 7) is 3.30. The van der Waals surface area contributed by atoms with Gasteiger partial charge in [-0.1, -0.05) is 18.2 Å². The average molecular weight is 424 g/mol. The standard InChI is InChI=1S/C24H29N3O2S/c28-24-9-4-15-27(24)16-5-17-29-20-10-12-21(13-11-20)30-26-14-3-6-19-18-25-23-8-2-1-7-22(19)23/h1-2,7-8,10-13,18,25-26H,3-6,9,14-17H2. The number of para-hydroxylation sites is 1. The Balaban J connectivity index is 1.11. The minimum atomic E-state index is 0.283. The third-order valence-corrected chi connectivity index (χ3v) is 6.28. The van der Waals surface area contributed by atoms with E-state index in [1.807, 2.05) is 17.0 Å². The van der Waals surface area contributed by atoms with Crippen LogP contribution in [0.1, 0.15) is 31.2 Å². The van der Waals surface area contributed by atoms with Gasteiger partial charge in [0, 0.05) is 48.1 Å². The Bertz CT molecular complexity index is 954. The Labute approximate surface area is 182 Å². The van der Waals surface area contributed by atoms with Crippen LogP contribution >= 0.6 is 11.9 Å². The molecule has 3 aromatic rings. The first-order chi connectivity index (χ1) is 14.8. The minimum absolute atomic E-state index is 0.283. The van der Waals surface area contributed by atoms with Crippen LogP contribution in [-0.2, 0) is 11.2 Å². The topological polar surface area (TPSA) is 57.4 Å². The second-order valence-electron chi connectivity index (χ2n) is 7.62. The molecule has 0 aliphatic carbocycles. The van der Waals surface area contributed by atoms with E-state index in [4.69, 9.17) is 4.74 Å². The molecule has 2 N–H and O–H groups in total. The molecule has 0 unspecified atom stereocenters. The highest BCUT2D eigenvalue weighted by Crippen LogP contribution is 2.21. The second kappa shape index (κ2) is 10.5. The summed E-state index contributed by atoms with van der Waals surface area (Å²) in [6.07, 6.45) is 6.86. The number of hydrogen-bond acceptors (Lipinski definition) is 4. The van der Waals surface area contributed by atoms with Gasteiger partial charge in [-0.3, -0.25) is 9.52 Å². The van der Waals surface area contributed by atoms with Gasteiger partial charge in [0.1, 0.15) is 5.75 Å². The zero-order valence-corrected chi connectivity index (χ0v) is 18.0. The number of amides is 1. The van der Waals surface area contributed by atoms with Crippen LogP contribution in [0.4, 0.5) is 0 Å². The maximum atomic E-state index is 11.6. The minimum Gasteiger partial charge on any atom is -0.494 e. The molecule has 0 saturated carbocycles. The molecule has 5 nitrogen and oxygen atoms in total.